The molecule has 0 aromatic carbocycles. The zero-order valence-electron chi connectivity index (χ0n) is 21.8. The van der Waals surface area contributed by atoms with E-state index in [-0.39, 0.29) is 18.3 Å². The smallest absolute Gasteiger partial charge is 0.388 e. The van der Waals surface area contributed by atoms with E-state index in [2.05, 4.69) is 15.3 Å². The Bertz CT molecular complexity index is 971. The minimum atomic E-state index is -4.69. The SMILES string of the molecule is O[C@@H]1[C@@H](Nc2ccnc(C(F)(F)F)n2)[C@H]2OC[C@](C3CCC(CC4CCC(CC5CCC5)C4)CC3)(O2)[C@@H]1O. The lowest BCUT2D eigenvalue weighted by molar-refractivity contribution is -0.235. The minimum absolute atomic E-state index is 0.0696. The van der Waals surface area contributed by atoms with Gasteiger partial charge in [0, 0.05) is 6.20 Å². The molecule has 3 heterocycles. The van der Waals surface area contributed by atoms with Gasteiger partial charge in [-0.3, -0.25) is 0 Å². The second-order valence-corrected chi connectivity index (χ2v) is 12.7. The van der Waals surface area contributed by atoms with Crippen molar-refractivity contribution >= 4 is 5.82 Å². The second-order valence-electron chi connectivity index (χ2n) is 12.7. The first-order valence-corrected chi connectivity index (χ1v) is 14.5. The third-order valence-corrected chi connectivity index (χ3v) is 10.3. The van der Waals surface area contributed by atoms with Crippen LogP contribution in [0.15, 0.2) is 12.3 Å². The highest BCUT2D eigenvalue weighted by Crippen LogP contribution is 2.50. The molecule has 7 atom stereocenters. The predicted octanol–water partition coefficient (Wildman–Crippen LogP) is 4.93. The number of fused-ring (bicyclic) bond motifs is 2. The highest BCUT2D eigenvalue weighted by atomic mass is 19.4. The van der Waals surface area contributed by atoms with Crippen LogP contribution < -0.4 is 5.32 Å². The average molecular weight is 540 g/mol. The van der Waals surface area contributed by atoms with Crippen LogP contribution in [0, 0.1) is 29.6 Å². The van der Waals surface area contributed by atoms with Crippen LogP contribution in [0.1, 0.15) is 82.9 Å². The summed E-state index contributed by atoms with van der Waals surface area (Å²) in [4.78, 5) is 6.78. The number of alkyl halides is 3. The molecule has 5 aliphatic rings. The van der Waals surface area contributed by atoms with E-state index in [0.29, 0.717) is 5.92 Å². The van der Waals surface area contributed by atoms with E-state index < -0.39 is 42.1 Å². The van der Waals surface area contributed by atoms with Crippen molar-refractivity contribution in [2.45, 2.75) is 113 Å². The van der Waals surface area contributed by atoms with Gasteiger partial charge in [-0.15, -0.1) is 0 Å². The molecule has 5 fully saturated rings. The fourth-order valence-electron chi connectivity index (χ4n) is 8.00. The largest absolute Gasteiger partial charge is 0.451 e. The Morgan fingerprint density at radius 3 is 2.24 bits per heavy atom. The predicted molar refractivity (Wildman–Crippen MR) is 133 cm³/mol. The Morgan fingerprint density at radius 1 is 0.947 bits per heavy atom. The topological polar surface area (TPSA) is 96.7 Å². The molecule has 0 amide bonds. The Hall–Kier alpha value is -1.49. The maximum absolute atomic E-state index is 13.0. The quantitative estimate of drug-likeness (QED) is 0.452. The molecule has 212 valence electrons. The Morgan fingerprint density at radius 2 is 1.61 bits per heavy atom. The number of nitrogens with one attached hydrogen (secondary N) is 1. The summed E-state index contributed by atoms with van der Waals surface area (Å²) in [6.07, 6.45) is 8.19. The van der Waals surface area contributed by atoms with E-state index in [9.17, 15) is 23.4 Å². The van der Waals surface area contributed by atoms with Gasteiger partial charge in [-0.25, -0.2) is 9.97 Å². The van der Waals surface area contributed by atoms with Crippen LogP contribution in [0.3, 0.4) is 0 Å². The van der Waals surface area contributed by atoms with Crippen LogP contribution in [-0.4, -0.2) is 56.9 Å². The molecule has 1 aromatic rings. The molecular formula is C28H40F3N3O4. The normalized spacial score (nSPS) is 41.7. The lowest BCUT2D eigenvalue weighted by Crippen LogP contribution is -2.65. The number of halogens is 3. The van der Waals surface area contributed by atoms with E-state index in [4.69, 9.17) is 9.47 Å². The van der Waals surface area contributed by atoms with Gasteiger partial charge in [-0.2, -0.15) is 13.2 Å². The monoisotopic (exact) mass is 539 g/mol. The number of aromatic nitrogens is 2. The fraction of sp³-hybridized carbons (Fsp3) is 0.857. The molecule has 2 aliphatic heterocycles. The van der Waals surface area contributed by atoms with E-state index in [0.717, 1.165) is 49.6 Å². The maximum atomic E-state index is 13.0. The number of rotatable bonds is 7. The number of anilines is 1. The average Bonchev–Trinajstić information content (AvgIpc) is 3.50. The van der Waals surface area contributed by atoms with Crippen LogP contribution in [-0.2, 0) is 15.7 Å². The molecule has 0 spiro atoms. The molecule has 2 bridgehead atoms. The van der Waals surface area contributed by atoms with E-state index in [1.165, 1.54) is 57.4 Å². The van der Waals surface area contributed by atoms with Gasteiger partial charge in [0.2, 0.25) is 5.82 Å². The van der Waals surface area contributed by atoms with Crippen molar-refractivity contribution < 1.29 is 32.9 Å². The standard InChI is InChI=1S/C28H40F3N3O4/c29-28(30,31)26-32-11-10-21(34-26)33-22-23(35)24(36)27(15-37-25(22)38-27)20-8-6-17(7-9-20)13-19-5-4-18(14-19)12-16-2-1-3-16/h10-11,16-20,22-25,35-36H,1-9,12-15H2,(H,32,33,34)/t17?,18?,19?,20?,22-,23-,24-,25+,27-/m1/s1. The summed E-state index contributed by atoms with van der Waals surface area (Å²) in [5, 5.41) is 25.0. The summed E-state index contributed by atoms with van der Waals surface area (Å²) < 4.78 is 51.2. The van der Waals surface area contributed by atoms with Gasteiger partial charge < -0.3 is 25.0 Å². The number of hydrogen-bond acceptors (Lipinski definition) is 7. The zero-order valence-corrected chi connectivity index (χ0v) is 21.8. The van der Waals surface area contributed by atoms with Gasteiger partial charge >= 0.3 is 6.18 Å². The van der Waals surface area contributed by atoms with Gasteiger partial charge in [0.15, 0.2) is 6.29 Å². The van der Waals surface area contributed by atoms with Gasteiger partial charge in [0.25, 0.3) is 0 Å². The molecule has 3 aliphatic carbocycles. The van der Waals surface area contributed by atoms with Crippen molar-refractivity contribution in [1.29, 1.82) is 0 Å². The number of nitrogens with zero attached hydrogens (tertiary/aromatic N) is 2. The molecule has 6 rings (SSSR count). The van der Waals surface area contributed by atoms with Crippen LogP contribution in [0.25, 0.3) is 0 Å². The number of hydrogen-bond donors (Lipinski definition) is 3. The molecule has 3 saturated carbocycles. The van der Waals surface area contributed by atoms with Crippen molar-refractivity contribution in [2.75, 3.05) is 11.9 Å². The van der Waals surface area contributed by atoms with Gasteiger partial charge in [0.1, 0.15) is 29.7 Å². The van der Waals surface area contributed by atoms with E-state index >= 15 is 0 Å². The first-order chi connectivity index (χ1) is 18.2. The number of ether oxygens (including phenoxy) is 2. The van der Waals surface area contributed by atoms with Crippen molar-refractivity contribution in [1.82, 2.24) is 9.97 Å². The molecule has 10 heteroatoms. The Labute approximate surface area is 221 Å². The zero-order chi connectivity index (χ0) is 26.5. The second kappa shape index (κ2) is 10.5. The molecule has 2 unspecified atom stereocenters. The Balaban J connectivity index is 1.03. The molecule has 7 nitrogen and oxygen atoms in total. The highest BCUT2D eigenvalue weighted by molar-refractivity contribution is 5.36. The summed E-state index contributed by atoms with van der Waals surface area (Å²) in [6.45, 7) is 0.159. The molecular weight excluding hydrogens is 499 g/mol. The summed E-state index contributed by atoms with van der Waals surface area (Å²) in [5.41, 5.74) is -0.989. The third-order valence-electron chi connectivity index (χ3n) is 10.3. The highest BCUT2D eigenvalue weighted by Gasteiger charge is 2.62. The molecule has 0 radical (unpaired) electrons. The lowest BCUT2D eigenvalue weighted by atomic mass is 9.68. The third kappa shape index (κ3) is 5.18. The molecule has 3 N–H and O–H groups in total. The molecule has 2 saturated heterocycles. The lowest BCUT2D eigenvalue weighted by Gasteiger charge is -2.48. The van der Waals surface area contributed by atoms with Gasteiger partial charge in [-0.1, -0.05) is 44.9 Å². The van der Waals surface area contributed by atoms with Crippen molar-refractivity contribution in [3.63, 3.8) is 0 Å². The van der Waals surface area contributed by atoms with Crippen molar-refractivity contribution in [3.8, 4) is 0 Å². The fourth-order valence-corrected chi connectivity index (χ4v) is 8.00. The van der Waals surface area contributed by atoms with Crippen LogP contribution in [0.4, 0.5) is 19.0 Å². The van der Waals surface area contributed by atoms with Crippen LogP contribution in [0.5, 0.6) is 0 Å². The van der Waals surface area contributed by atoms with Crippen LogP contribution >= 0.6 is 0 Å². The van der Waals surface area contributed by atoms with Gasteiger partial charge in [0.05, 0.1) is 6.61 Å². The van der Waals surface area contributed by atoms with Crippen molar-refractivity contribution in [2.24, 2.45) is 29.6 Å². The van der Waals surface area contributed by atoms with Crippen LogP contribution in [0.2, 0.25) is 0 Å². The number of aliphatic hydroxyl groups excluding tert-OH is 2. The summed E-state index contributed by atoms with van der Waals surface area (Å²) in [7, 11) is 0. The maximum Gasteiger partial charge on any atom is 0.451 e. The van der Waals surface area contributed by atoms with E-state index in [1.807, 2.05) is 0 Å². The van der Waals surface area contributed by atoms with E-state index in [1.54, 1.807) is 0 Å². The molecule has 1 aromatic heterocycles. The first kappa shape index (κ1) is 26.7. The number of aliphatic hydroxyl groups is 2. The first-order valence-electron chi connectivity index (χ1n) is 14.5. The molecule has 38 heavy (non-hydrogen) atoms. The minimum Gasteiger partial charge on any atom is -0.388 e. The summed E-state index contributed by atoms with van der Waals surface area (Å²) in [5.74, 6) is 2.16. The summed E-state index contributed by atoms with van der Waals surface area (Å²) >= 11 is 0. The van der Waals surface area contributed by atoms with Gasteiger partial charge in [-0.05, 0) is 67.8 Å². The Kier molecular flexibility index (Phi) is 7.37. The summed E-state index contributed by atoms with van der Waals surface area (Å²) in [6, 6.07) is 0.329. The van der Waals surface area contributed by atoms with Crippen molar-refractivity contribution in [3.05, 3.63) is 18.1 Å².